The van der Waals surface area contributed by atoms with Gasteiger partial charge >= 0.3 is 12.1 Å². The number of ether oxygens (including phenoxy) is 3. The number of benzene rings is 1. The van der Waals surface area contributed by atoms with E-state index in [9.17, 15) is 14.0 Å². The molecule has 2 unspecified atom stereocenters. The second-order valence-electron chi connectivity index (χ2n) is 13.0. The lowest BCUT2D eigenvalue weighted by Crippen LogP contribution is -2.52. The van der Waals surface area contributed by atoms with E-state index in [4.69, 9.17) is 14.2 Å². The molecule has 0 saturated carbocycles. The SMILES string of the molecule is CC(C)(C)OC(=O)N1CCOC[C@H]1c1cc(-c2cnc3[nH]cc(F)c3c2)cc2c1CN(C(=O)N1CC3CCC(C1)O3)CC2. The van der Waals surface area contributed by atoms with Crippen molar-refractivity contribution in [1.29, 1.82) is 0 Å². The Hall–Kier alpha value is -3.70. The first kappa shape index (κ1) is 28.1. The summed E-state index contributed by atoms with van der Waals surface area (Å²) in [6.45, 7) is 8.93. The molecule has 3 amide bonds. The van der Waals surface area contributed by atoms with Gasteiger partial charge in [-0.15, -0.1) is 0 Å². The Labute approximate surface area is 250 Å². The number of hydrogen-bond acceptors (Lipinski definition) is 6. The second kappa shape index (κ2) is 10.8. The highest BCUT2D eigenvalue weighted by Crippen LogP contribution is 2.38. The van der Waals surface area contributed by atoms with Gasteiger partial charge in [0.15, 0.2) is 0 Å². The van der Waals surface area contributed by atoms with Gasteiger partial charge in [-0.1, -0.05) is 6.07 Å². The summed E-state index contributed by atoms with van der Waals surface area (Å²) in [5.74, 6) is -0.356. The predicted octanol–water partition coefficient (Wildman–Crippen LogP) is 5.02. The minimum absolute atomic E-state index is 0.0300. The molecular formula is C32H38FN5O5. The highest BCUT2D eigenvalue weighted by molar-refractivity contribution is 5.83. The van der Waals surface area contributed by atoms with Gasteiger partial charge in [-0.2, -0.15) is 0 Å². The summed E-state index contributed by atoms with van der Waals surface area (Å²) in [6, 6.07) is 5.58. The van der Waals surface area contributed by atoms with Crippen LogP contribution in [0.5, 0.6) is 0 Å². The third kappa shape index (κ3) is 5.44. The van der Waals surface area contributed by atoms with Crippen LogP contribution in [-0.2, 0) is 27.2 Å². The summed E-state index contributed by atoms with van der Waals surface area (Å²) in [5, 5.41) is 0.421. The molecule has 1 aromatic carbocycles. The Kier molecular flexibility index (Phi) is 7.04. The Morgan fingerprint density at radius 2 is 1.86 bits per heavy atom. The van der Waals surface area contributed by atoms with Gasteiger partial charge in [0.1, 0.15) is 17.1 Å². The third-order valence-corrected chi connectivity index (χ3v) is 8.89. The van der Waals surface area contributed by atoms with Crippen molar-refractivity contribution < 1.29 is 28.2 Å². The largest absolute Gasteiger partial charge is 0.444 e. The predicted molar refractivity (Wildman–Crippen MR) is 157 cm³/mol. The van der Waals surface area contributed by atoms with Crippen molar-refractivity contribution in [1.82, 2.24) is 24.7 Å². The minimum atomic E-state index is -0.649. The van der Waals surface area contributed by atoms with Crippen LogP contribution in [-0.4, -0.2) is 94.0 Å². The van der Waals surface area contributed by atoms with Crippen LogP contribution in [0, 0.1) is 5.82 Å². The van der Waals surface area contributed by atoms with Gasteiger partial charge in [0.2, 0.25) is 0 Å². The van der Waals surface area contributed by atoms with E-state index < -0.39 is 17.7 Å². The average Bonchev–Trinajstić information content (AvgIpc) is 3.54. The van der Waals surface area contributed by atoms with Crippen LogP contribution in [0.15, 0.2) is 30.6 Å². The number of carbonyl (C=O) groups is 2. The number of pyridine rings is 1. The van der Waals surface area contributed by atoms with Crippen LogP contribution in [0.25, 0.3) is 22.2 Å². The zero-order valence-corrected chi connectivity index (χ0v) is 24.9. The van der Waals surface area contributed by atoms with E-state index in [1.54, 1.807) is 17.2 Å². The zero-order chi connectivity index (χ0) is 29.9. The zero-order valence-electron chi connectivity index (χ0n) is 24.9. The highest BCUT2D eigenvalue weighted by atomic mass is 19.1. The third-order valence-electron chi connectivity index (χ3n) is 8.89. The molecule has 4 aliphatic rings. The molecule has 1 N–H and O–H groups in total. The number of likely N-dealkylation sites (tertiary alicyclic amines) is 1. The lowest BCUT2D eigenvalue weighted by atomic mass is 9.87. The average molecular weight is 592 g/mol. The van der Waals surface area contributed by atoms with Crippen LogP contribution < -0.4 is 0 Å². The van der Waals surface area contributed by atoms with Crippen LogP contribution in [0.1, 0.15) is 56.3 Å². The number of rotatable bonds is 2. The van der Waals surface area contributed by atoms with Gasteiger partial charge in [-0.25, -0.2) is 19.0 Å². The summed E-state index contributed by atoms with van der Waals surface area (Å²) < 4.78 is 32.2. The van der Waals surface area contributed by atoms with Crippen molar-refractivity contribution >= 4 is 23.2 Å². The molecule has 228 valence electrons. The number of aromatic amines is 1. The number of carbonyl (C=O) groups excluding carboxylic acids is 2. The number of urea groups is 1. The Morgan fingerprint density at radius 3 is 2.63 bits per heavy atom. The van der Waals surface area contributed by atoms with Crippen molar-refractivity contribution in [2.24, 2.45) is 0 Å². The van der Waals surface area contributed by atoms with Crippen molar-refractivity contribution in [3.8, 4) is 11.1 Å². The first-order valence-corrected chi connectivity index (χ1v) is 15.2. The number of H-pyrrole nitrogens is 1. The molecule has 3 atom stereocenters. The standard InChI is InChI=1S/C32H38FN5O5/c1-32(2,3)43-31(40)38-8-9-41-18-28(38)24-11-20(21-12-25-27(33)14-35-29(25)34-13-21)10-19-6-7-36(17-26(19)24)30(39)37-15-22-4-5-23(16-37)42-22/h10-14,22-23,28H,4-9,15-18H2,1-3H3,(H,34,35)/t22?,23?,28-/m0/s1. The fourth-order valence-corrected chi connectivity index (χ4v) is 6.83. The van der Waals surface area contributed by atoms with E-state index in [0.717, 1.165) is 40.7 Å². The minimum Gasteiger partial charge on any atom is -0.444 e. The molecule has 3 aromatic rings. The summed E-state index contributed by atoms with van der Waals surface area (Å²) in [4.78, 5) is 40.1. The Balaban J connectivity index is 1.27. The highest BCUT2D eigenvalue weighted by Gasteiger charge is 2.39. The molecule has 3 saturated heterocycles. The number of fused-ring (bicyclic) bond motifs is 4. The molecule has 3 fully saturated rings. The molecular weight excluding hydrogens is 553 g/mol. The lowest BCUT2D eigenvalue weighted by molar-refractivity contribution is -0.0337. The number of aromatic nitrogens is 2. The molecule has 0 radical (unpaired) electrons. The van der Waals surface area contributed by atoms with Gasteiger partial charge < -0.3 is 29.0 Å². The number of nitrogens with one attached hydrogen (secondary N) is 1. The van der Waals surface area contributed by atoms with E-state index in [-0.39, 0.29) is 24.1 Å². The van der Waals surface area contributed by atoms with Crippen LogP contribution >= 0.6 is 0 Å². The summed E-state index contributed by atoms with van der Waals surface area (Å²) >= 11 is 0. The molecule has 2 aromatic heterocycles. The maximum atomic E-state index is 14.5. The molecule has 4 aliphatic heterocycles. The van der Waals surface area contributed by atoms with Gasteiger partial charge in [-0.3, -0.25) is 4.90 Å². The molecule has 2 bridgehead atoms. The molecule has 6 heterocycles. The van der Waals surface area contributed by atoms with Crippen molar-refractivity contribution in [2.75, 3.05) is 39.4 Å². The van der Waals surface area contributed by atoms with Crippen LogP contribution in [0.3, 0.4) is 0 Å². The Bertz CT molecular complexity index is 1560. The topological polar surface area (TPSA) is 100 Å². The summed E-state index contributed by atoms with van der Waals surface area (Å²) in [6.07, 6.45) is 5.55. The van der Waals surface area contributed by atoms with Crippen molar-refractivity contribution in [3.63, 3.8) is 0 Å². The van der Waals surface area contributed by atoms with Crippen molar-refractivity contribution in [3.05, 3.63) is 53.1 Å². The number of amides is 3. The number of halogens is 1. The van der Waals surface area contributed by atoms with Crippen LogP contribution in [0.2, 0.25) is 0 Å². The maximum Gasteiger partial charge on any atom is 0.410 e. The number of nitrogens with zero attached hydrogens (tertiary/aromatic N) is 4. The summed E-state index contributed by atoms with van der Waals surface area (Å²) in [5.41, 5.74) is 4.52. The number of hydrogen-bond donors (Lipinski definition) is 1. The second-order valence-corrected chi connectivity index (χ2v) is 13.0. The molecule has 0 spiro atoms. The molecule has 11 heteroatoms. The van der Waals surface area contributed by atoms with Crippen molar-refractivity contribution in [2.45, 2.75) is 70.4 Å². The normalized spacial score (nSPS) is 23.9. The van der Waals surface area contributed by atoms with Gasteiger partial charge in [0, 0.05) is 50.7 Å². The monoisotopic (exact) mass is 591 g/mol. The van der Waals surface area contributed by atoms with E-state index >= 15 is 0 Å². The van der Waals surface area contributed by atoms with Gasteiger partial charge in [0.05, 0.1) is 36.8 Å². The van der Waals surface area contributed by atoms with Gasteiger partial charge in [-0.05, 0) is 74.4 Å². The maximum absolute atomic E-state index is 14.5. The molecule has 0 aliphatic carbocycles. The smallest absolute Gasteiger partial charge is 0.410 e. The quantitative estimate of drug-likeness (QED) is 0.450. The molecule has 7 rings (SSSR count). The fourth-order valence-electron chi connectivity index (χ4n) is 6.83. The van der Waals surface area contributed by atoms with Crippen LogP contribution in [0.4, 0.5) is 14.0 Å². The summed E-state index contributed by atoms with van der Waals surface area (Å²) in [7, 11) is 0. The van der Waals surface area contributed by atoms with E-state index in [0.29, 0.717) is 63.4 Å². The lowest BCUT2D eigenvalue weighted by Gasteiger charge is -2.41. The van der Waals surface area contributed by atoms with E-state index in [1.165, 1.54) is 6.20 Å². The number of morpholine rings is 2. The first-order chi connectivity index (χ1) is 20.6. The molecule has 43 heavy (non-hydrogen) atoms. The van der Waals surface area contributed by atoms with Gasteiger partial charge in [0.25, 0.3) is 0 Å². The molecule has 10 nitrogen and oxygen atoms in total. The fraction of sp³-hybridized carbons (Fsp3) is 0.531. The Morgan fingerprint density at radius 1 is 1.07 bits per heavy atom. The first-order valence-electron chi connectivity index (χ1n) is 15.2. The van der Waals surface area contributed by atoms with E-state index in [1.807, 2.05) is 36.6 Å². The van der Waals surface area contributed by atoms with E-state index in [2.05, 4.69) is 16.0 Å².